The van der Waals surface area contributed by atoms with Crippen LogP contribution in [0.2, 0.25) is 0 Å². The largest absolute Gasteiger partial charge is 0.393 e. The van der Waals surface area contributed by atoms with Crippen molar-refractivity contribution in [1.82, 2.24) is 10.2 Å². The Hall–Kier alpha value is -0.780. The maximum Gasteiger partial charge on any atom is 0.393 e. The van der Waals surface area contributed by atoms with Gasteiger partial charge in [0.2, 0.25) is 5.91 Å². The molecule has 0 radical (unpaired) electrons. The zero-order valence-electron chi connectivity index (χ0n) is 11.9. The third kappa shape index (κ3) is 3.10. The van der Waals surface area contributed by atoms with Gasteiger partial charge in [-0.25, -0.2) is 0 Å². The van der Waals surface area contributed by atoms with Crippen LogP contribution in [0, 0.1) is 5.92 Å². The molecule has 2 saturated heterocycles. The molecule has 20 heavy (non-hydrogen) atoms. The first-order chi connectivity index (χ1) is 9.39. The van der Waals surface area contributed by atoms with Crippen molar-refractivity contribution >= 4 is 5.91 Å². The molecule has 2 heterocycles. The van der Waals surface area contributed by atoms with Crippen molar-refractivity contribution in [2.75, 3.05) is 19.6 Å². The number of hydrogen-bond donors (Lipinski definition) is 1. The lowest BCUT2D eigenvalue weighted by Gasteiger charge is -2.39. The van der Waals surface area contributed by atoms with E-state index in [0.29, 0.717) is 19.4 Å². The smallest absolute Gasteiger partial charge is 0.340 e. The number of carbonyl (C=O) groups is 1. The predicted molar refractivity (Wildman–Crippen MR) is 70.2 cm³/mol. The van der Waals surface area contributed by atoms with Crippen molar-refractivity contribution in [2.45, 2.75) is 57.2 Å². The van der Waals surface area contributed by atoms with Crippen LogP contribution in [0.4, 0.5) is 13.2 Å². The zero-order valence-corrected chi connectivity index (χ0v) is 11.9. The SMILES string of the molecule is CCCC1(C(=O)N2CCCC(C(F)(F)F)C2)CCCN1. The summed E-state index contributed by atoms with van der Waals surface area (Å²) in [5, 5.41) is 3.25. The number of piperidine rings is 1. The molecule has 0 bridgehead atoms. The van der Waals surface area contributed by atoms with Crippen molar-refractivity contribution in [2.24, 2.45) is 5.92 Å². The zero-order chi connectivity index (χ0) is 14.8. The highest BCUT2D eigenvalue weighted by atomic mass is 19.4. The quantitative estimate of drug-likeness (QED) is 0.867. The minimum Gasteiger partial charge on any atom is -0.340 e. The van der Waals surface area contributed by atoms with Gasteiger partial charge in [0.05, 0.1) is 11.5 Å². The summed E-state index contributed by atoms with van der Waals surface area (Å²) in [7, 11) is 0. The number of likely N-dealkylation sites (tertiary alicyclic amines) is 1. The molecule has 0 aliphatic carbocycles. The topological polar surface area (TPSA) is 32.3 Å². The number of rotatable bonds is 3. The van der Waals surface area contributed by atoms with Crippen LogP contribution in [-0.4, -0.2) is 42.2 Å². The summed E-state index contributed by atoms with van der Waals surface area (Å²) in [4.78, 5) is 14.1. The summed E-state index contributed by atoms with van der Waals surface area (Å²) < 4.78 is 38.5. The normalized spacial score (nSPS) is 31.6. The van der Waals surface area contributed by atoms with Crippen molar-refractivity contribution in [1.29, 1.82) is 0 Å². The highest BCUT2D eigenvalue weighted by Crippen LogP contribution is 2.35. The lowest BCUT2D eigenvalue weighted by molar-refractivity contribution is -0.189. The van der Waals surface area contributed by atoms with Crippen LogP contribution in [0.5, 0.6) is 0 Å². The van der Waals surface area contributed by atoms with E-state index in [-0.39, 0.29) is 18.9 Å². The average molecular weight is 292 g/mol. The van der Waals surface area contributed by atoms with E-state index in [1.54, 1.807) is 0 Å². The van der Waals surface area contributed by atoms with E-state index < -0.39 is 17.6 Å². The highest BCUT2D eigenvalue weighted by molar-refractivity contribution is 5.86. The molecule has 2 aliphatic heterocycles. The Morgan fingerprint density at radius 3 is 2.70 bits per heavy atom. The fourth-order valence-electron chi connectivity index (χ4n) is 3.47. The van der Waals surface area contributed by atoms with E-state index in [1.807, 2.05) is 6.92 Å². The van der Waals surface area contributed by atoms with Crippen LogP contribution in [0.15, 0.2) is 0 Å². The summed E-state index contributed by atoms with van der Waals surface area (Å²) in [5.74, 6) is -1.48. The van der Waals surface area contributed by atoms with Crippen LogP contribution < -0.4 is 5.32 Å². The predicted octanol–water partition coefficient (Wildman–Crippen LogP) is 2.71. The molecule has 2 unspecified atom stereocenters. The number of amides is 1. The van der Waals surface area contributed by atoms with Gasteiger partial charge in [-0.15, -0.1) is 0 Å². The summed E-state index contributed by atoms with van der Waals surface area (Å²) in [5.41, 5.74) is -0.609. The van der Waals surface area contributed by atoms with Gasteiger partial charge in [-0.1, -0.05) is 13.3 Å². The molecule has 0 aromatic heterocycles. The van der Waals surface area contributed by atoms with Crippen LogP contribution in [0.1, 0.15) is 45.4 Å². The van der Waals surface area contributed by atoms with E-state index >= 15 is 0 Å². The molecule has 1 N–H and O–H groups in total. The van der Waals surface area contributed by atoms with Gasteiger partial charge in [-0.05, 0) is 38.6 Å². The van der Waals surface area contributed by atoms with E-state index in [2.05, 4.69) is 5.32 Å². The Morgan fingerprint density at radius 2 is 2.15 bits per heavy atom. The summed E-state index contributed by atoms with van der Waals surface area (Å²) in [6.07, 6.45) is -0.386. The highest BCUT2D eigenvalue weighted by Gasteiger charge is 2.47. The molecular formula is C14H23F3N2O. The monoisotopic (exact) mass is 292 g/mol. The third-order valence-electron chi connectivity index (χ3n) is 4.50. The van der Waals surface area contributed by atoms with E-state index in [0.717, 1.165) is 25.8 Å². The fraction of sp³-hybridized carbons (Fsp3) is 0.929. The number of nitrogens with one attached hydrogen (secondary N) is 1. The second kappa shape index (κ2) is 5.92. The van der Waals surface area contributed by atoms with Crippen LogP contribution in [0.25, 0.3) is 0 Å². The molecule has 2 fully saturated rings. The molecule has 3 nitrogen and oxygen atoms in total. The number of alkyl halides is 3. The molecule has 0 aromatic carbocycles. The lowest BCUT2D eigenvalue weighted by Crippen LogP contribution is -2.57. The Morgan fingerprint density at radius 1 is 1.40 bits per heavy atom. The van der Waals surface area contributed by atoms with Crippen LogP contribution in [0.3, 0.4) is 0 Å². The maximum absolute atomic E-state index is 12.8. The fourth-order valence-corrected chi connectivity index (χ4v) is 3.47. The number of nitrogens with zero attached hydrogens (tertiary/aromatic N) is 1. The summed E-state index contributed by atoms with van der Waals surface area (Å²) >= 11 is 0. The first-order valence-corrected chi connectivity index (χ1v) is 7.50. The maximum atomic E-state index is 12.8. The van der Waals surface area contributed by atoms with Crippen LogP contribution in [-0.2, 0) is 4.79 Å². The van der Waals surface area contributed by atoms with Gasteiger partial charge in [0.1, 0.15) is 0 Å². The molecule has 2 rings (SSSR count). The van der Waals surface area contributed by atoms with Crippen molar-refractivity contribution in [3.63, 3.8) is 0 Å². The van der Waals surface area contributed by atoms with Gasteiger partial charge < -0.3 is 10.2 Å². The lowest BCUT2D eigenvalue weighted by atomic mass is 9.88. The Bertz CT molecular complexity index is 351. The minimum atomic E-state index is -4.19. The summed E-state index contributed by atoms with van der Waals surface area (Å²) in [6, 6.07) is 0. The molecule has 0 aromatic rings. The van der Waals surface area contributed by atoms with Crippen LogP contribution >= 0.6 is 0 Å². The van der Waals surface area contributed by atoms with Crippen molar-refractivity contribution in [3.8, 4) is 0 Å². The number of halogens is 3. The Kier molecular flexibility index (Phi) is 4.62. The molecule has 1 amide bonds. The Labute approximate surface area is 117 Å². The van der Waals surface area contributed by atoms with E-state index in [4.69, 9.17) is 0 Å². The molecule has 116 valence electrons. The number of hydrogen-bond acceptors (Lipinski definition) is 2. The van der Waals surface area contributed by atoms with Crippen molar-refractivity contribution < 1.29 is 18.0 Å². The van der Waals surface area contributed by atoms with Gasteiger partial charge >= 0.3 is 6.18 Å². The molecular weight excluding hydrogens is 269 g/mol. The van der Waals surface area contributed by atoms with Gasteiger partial charge in [-0.2, -0.15) is 13.2 Å². The van der Waals surface area contributed by atoms with E-state index in [9.17, 15) is 18.0 Å². The summed E-state index contributed by atoms with van der Waals surface area (Å²) in [6.45, 7) is 3.07. The van der Waals surface area contributed by atoms with Gasteiger partial charge in [0.25, 0.3) is 0 Å². The Balaban J connectivity index is 2.07. The second-order valence-corrected chi connectivity index (χ2v) is 5.99. The number of carbonyl (C=O) groups excluding carboxylic acids is 1. The molecule has 2 atom stereocenters. The van der Waals surface area contributed by atoms with Gasteiger partial charge in [-0.3, -0.25) is 4.79 Å². The first kappa shape index (κ1) is 15.6. The molecule has 2 aliphatic rings. The van der Waals surface area contributed by atoms with Gasteiger partial charge in [0, 0.05) is 13.1 Å². The standard InChI is InChI=1S/C14H23F3N2O/c1-2-6-13(7-4-8-18-13)12(20)19-9-3-5-11(10-19)14(15,16)17/h11,18H,2-10H2,1H3. The molecule has 0 spiro atoms. The van der Waals surface area contributed by atoms with Gasteiger partial charge in [0.15, 0.2) is 0 Å². The minimum absolute atomic E-state index is 0.120. The average Bonchev–Trinajstić information content (AvgIpc) is 2.87. The third-order valence-corrected chi connectivity index (χ3v) is 4.50. The first-order valence-electron chi connectivity index (χ1n) is 7.50. The van der Waals surface area contributed by atoms with E-state index in [1.165, 1.54) is 4.90 Å². The second-order valence-electron chi connectivity index (χ2n) is 5.99. The molecule has 6 heteroatoms. The molecule has 0 saturated carbocycles. The van der Waals surface area contributed by atoms with Crippen molar-refractivity contribution in [3.05, 3.63) is 0 Å².